The van der Waals surface area contributed by atoms with Gasteiger partial charge in [0.1, 0.15) is 4.21 Å². The van der Waals surface area contributed by atoms with Gasteiger partial charge in [-0.05, 0) is 49.5 Å². The van der Waals surface area contributed by atoms with Gasteiger partial charge in [-0.25, -0.2) is 8.42 Å². The van der Waals surface area contributed by atoms with Gasteiger partial charge in [0.15, 0.2) is 15.8 Å². The highest BCUT2D eigenvalue weighted by atomic mass is 127. The number of aliphatic hydroxyl groups excluding tert-OH is 1. The van der Waals surface area contributed by atoms with Crippen LogP contribution in [0, 0.1) is 5.41 Å². The molecule has 172 valence electrons. The van der Waals surface area contributed by atoms with Gasteiger partial charge in [0.25, 0.3) is 0 Å². The number of nitrogens with zero attached hydrogens (tertiary/aromatic N) is 2. The van der Waals surface area contributed by atoms with E-state index in [1.807, 2.05) is 6.92 Å². The minimum atomic E-state index is -3.46. The summed E-state index contributed by atoms with van der Waals surface area (Å²) in [7, 11) is -3.46. The van der Waals surface area contributed by atoms with Crippen molar-refractivity contribution in [2.75, 3.05) is 31.9 Å². The highest BCUT2D eigenvalue weighted by Gasteiger charge is 2.36. The smallest absolute Gasteiger partial charge is 0.194 e. The standard InChI is InChI=1S/C21H35N3O3S2.HI/c1-2-22-20(23-15-18(25)16-29(26,27)19-9-7-14-28-19)24-13-8-12-21(17-24)10-5-3-4-6-11-21;/h7,9,14,18,25H,2-6,8,10-13,15-17H2,1H3,(H,22,23);1H. The Morgan fingerprint density at radius 2 is 1.97 bits per heavy atom. The first-order valence-corrected chi connectivity index (χ1v) is 13.4. The van der Waals surface area contributed by atoms with E-state index >= 15 is 0 Å². The van der Waals surface area contributed by atoms with Crippen molar-refractivity contribution in [3.63, 3.8) is 0 Å². The summed E-state index contributed by atoms with van der Waals surface area (Å²) in [5.74, 6) is 0.517. The molecule has 0 aromatic carbocycles. The Labute approximate surface area is 202 Å². The van der Waals surface area contributed by atoms with Crippen molar-refractivity contribution in [1.29, 1.82) is 0 Å². The molecule has 1 atom stereocenters. The Balaban J connectivity index is 0.00000320. The molecule has 1 aliphatic carbocycles. The summed E-state index contributed by atoms with van der Waals surface area (Å²) in [6.45, 7) is 4.88. The Morgan fingerprint density at radius 1 is 1.27 bits per heavy atom. The first-order valence-electron chi connectivity index (χ1n) is 10.9. The monoisotopic (exact) mass is 569 g/mol. The number of likely N-dealkylation sites (tertiary alicyclic amines) is 1. The number of hydrogen-bond donors (Lipinski definition) is 2. The zero-order valence-corrected chi connectivity index (χ0v) is 21.8. The summed E-state index contributed by atoms with van der Waals surface area (Å²) in [6.07, 6.45) is 9.38. The molecule has 1 unspecified atom stereocenters. The van der Waals surface area contributed by atoms with Crippen molar-refractivity contribution in [2.24, 2.45) is 10.4 Å². The maximum absolute atomic E-state index is 12.4. The minimum absolute atomic E-state index is 0. The van der Waals surface area contributed by atoms with Crippen molar-refractivity contribution in [2.45, 2.75) is 68.6 Å². The minimum Gasteiger partial charge on any atom is -0.390 e. The number of aliphatic hydroxyl groups is 1. The van der Waals surface area contributed by atoms with Crippen molar-refractivity contribution >= 4 is 51.1 Å². The molecule has 3 rings (SSSR count). The molecule has 2 heterocycles. The van der Waals surface area contributed by atoms with Gasteiger partial charge in [0.2, 0.25) is 0 Å². The second kappa shape index (κ2) is 12.0. The van der Waals surface area contributed by atoms with Crippen molar-refractivity contribution < 1.29 is 13.5 Å². The fourth-order valence-electron chi connectivity index (χ4n) is 4.72. The molecule has 1 aliphatic heterocycles. The van der Waals surface area contributed by atoms with Crippen LogP contribution in [0.15, 0.2) is 26.7 Å². The Morgan fingerprint density at radius 3 is 2.60 bits per heavy atom. The first kappa shape index (κ1) is 25.9. The quantitative estimate of drug-likeness (QED) is 0.309. The fraction of sp³-hybridized carbons (Fsp3) is 0.762. The molecule has 1 saturated carbocycles. The van der Waals surface area contributed by atoms with Gasteiger partial charge >= 0.3 is 0 Å². The zero-order chi connectivity index (χ0) is 20.7. The SMILES string of the molecule is CCNC(=NCC(O)CS(=O)(=O)c1cccs1)N1CCCC2(CCCCCC2)C1.I. The molecule has 1 saturated heterocycles. The number of guanidine groups is 1. The molecule has 0 bridgehead atoms. The predicted molar refractivity (Wildman–Crippen MR) is 135 cm³/mol. The molecule has 6 nitrogen and oxygen atoms in total. The zero-order valence-electron chi connectivity index (χ0n) is 17.9. The second-order valence-corrected chi connectivity index (χ2v) is 11.7. The molecular formula is C21H36IN3O3S2. The molecule has 1 aromatic rings. The Hall–Kier alpha value is -0.390. The molecule has 9 heteroatoms. The van der Waals surface area contributed by atoms with Gasteiger partial charge in [-0.1, -0.05) is 31.7 Å². The van der Waals surface area contributed by atoms with E-state index < -0.39 is 15.9 Å². The average Bonchev–Trinajstić information content (AvgIpc) is 3.15. The van der Waals surface area contributed by atoms with Crippen LogP contribution >= 0.6 is 35.3 Å². The van der Waals surface area contributed by atoms with Crippen LogP contribution in [0.3, 0.4) is 0 Å². The number of sulfone groups is 1. The average molecular weight is 570 g/mol. The number of piperidine rings is 1. The van der Waals surface area contributed by atoms with Gasteiger partial charge in [-0.15, -0.1) is 35.3 Å². The van der Waals surface area contributed by atoms with Crippen LogP contribution in [0.2, 0.25) is 0 Å². The summed E-state index contributed by atoms with van der Waals surface area (Å²) < 4.78 is 25.1. The van der Waals surface area contributed by atoms with Crippen molar-refractivity contribution in [3.8, 4) is 0 Å². The fourth-order valence-corrected chi connectivity index (χ4v) is 7.19. The third-order valence-electron chi connectivity index (χ3n) is 6.13. The number of aliphatic imine (C=N–C) groups is 1. The van der Waals surface area contributed by atoms with Gasteiger partial charge in [-0.2, -0.15) is 0 Å². The molecule has 1 spiro atoms. The molecule has 2 aliphatic rings. The van der Waals surface area contributed by atoms with Gasteiger partial charge in [0.05, 0.1) is 18.4 Å². The van der Waals surface area contributed by atoms with Gasteiger partial charge in [0, 0.05) is 19.6 Å². The summed E-state index contributed by atoms with van der Waals surface area (Å²) in [4.78, 5) is 6.96. The van der Waals surface area contributed by atoms with Gasteiger partial charge in [-0.3, -0.25) is 4.99 Å². The van der Waals surface area contributed by atoms with Crippen LogP contribution < -0.4 is 5.32 Å². The molecule has 2 fully saturated rings. The van der Waals surface area contributed by atoms with E-state index in [0.29, 0.717) is 9.62 Å². The third kappa shape index (κ3) is 7.06. The van der Waals surface area contributed by atoms with Crippen LogP contribution in [0.1, 0.15) is 58.3 Å². The summed E-state index contributed by atoms with van der Waals surface area (Å²) in [5, 5.41) is 15.4. The summed E-state index contributed by atoms with van der Waals surface area (Å²) in [6, 6.07) is 3.30. The van der Waals surface area contributed by atoms with Crippen molar-refractivity contribution in [3.05, 3.63) is 17.5 Å². The van der Waals surface area contributed by atoms with Crippen LogP contribution in [-0.4, -0.2) is 62.4 Å². The molecular weight excluding hydrogens is 533 g/mol. The lowest BCUT2D eigenvalue weighted by Gasteiger charge is -2.44. The number of nitrogens with one attached hydrogen (secondary N) is 1. The van der Waals surface area contributed by atoms with E-state index in [1.54, 1.807) is 17.5 Å². The third-order valence-corrected chi connectivity index (χ3v) is 9.41. The van der Waals surface area contributed by atoms with Crippen LogP contribution in [0.5, 0.6) is 0 Å². The maximum atomic E-state index is 12.4. The van der Waals surface area contributed by atoms with Gasteiger partial charge < -0.3 is 15.3 Å². The lowest BCUT2D eigenvalue weighted by Crippen LogP contribution is -2.50. The number of thiophene rings is 1. The lowest BCUT2D eigenvalue weighted by atomic mass is 9.74. The molecule has 1 aromatic heterocycles. The number of halogens is 1. The van der Waals surface area contributed by atoms with Crippen molar-refractivity contribution in [1.82, 2.24) is 10.2 Å². The lowest BCUT2D eigenvalue weighted by molar-refractivity contribution is 0.115. The van der Waals surface area contributed by atoms with E-state index in [-0.39, 0.29) is 36.3 Å². The first-order chi connectivity index (χ1) is 13.9. The second-order valence-electron chi connectivity index (χ2n) is 8.50. The Bertz CT molecular complexity index is 760. The Kier molecular flexibility index (Phi) is 10.4. The van der Waals surface area contributed by atoms with E-state index in [1.165, 1.54) is 62.7 Å². The van der Waals surface area contributed by atoms with Crippen LogP contribution in [0.25, 0.3) is 0 Å². The molecule has 30 heavy (non-hydrogen) atoms. The normalized spacial score (nSPS) is 21.0. The molecule has 0 radical (unpaired) electrons. The van der Waals surface area contributed by atoms with Crippen LogP contribution in [-0.2, 0) is 9.84 Å². The highest BCUT2D eigenvalue weighted by Crippen LogP contribution is 2.42. The molecule has 0 amide bonds. The van der Waals surface area contributed by atoms with E-state index in [4.69, 9.17) is 0 Å². The van der Waals surface area contributed by atoms with Crippen LogP contribution in [0.4, 0.5) is 0 Å². The largest absolute Gasteiger partial charge is 0.390 e. The van der Waals surface area contributed by atoms with E-state index in [2.05, 4.69) is 15.2 Å². The molecule has 2 N–H and O–H groups in total. The number of rotatable bonds is 6. The maximum Gasteiger partial charge on any atom is 0.194 e. The topological polar surface area (TPSA) is 82.0 Å². The van der Waals surface area contributed by atoms with E-state index in [0.717, 1.165) is 25.6 Å². The summed E-state index contributed by atoms with van der Waals surface area (Å²) >= 11 is 1.19. The summed E-state index contributed by atoms with van der Waals surface area (Å²) in [5.41, 5.74) is 0.395. The number of hydrogen-bond acceptors (Lipinski definition) is 5. The van der Waals surface area contributed by atoms with E-state index in [9.17, 15) is 13.5 Å². The highest BCUT2D eigenvalue weighted by molar-refractivity contribution is 14.0. The predicted octanol–water partition coefficient (Wildman–Crippen LogP) is 3.90.